The van der Waals surface area contributed by atoms with Crippen LogP contribution in [0.15, 0.2) is 48.8 Å². The number of fused-ring (bicyclic) bond motifs is 1. The number of carbonyl (C=O) groups is 1. The highest BCUT2D eigenvalue weighted by molar-refractivity contribution is 6.35. The molecule has 1 aromatic carbocycles. The van der Waals surface area contributed by atoms with E-state index < -0.39 is 5.97 Å². The third-order valence-electron chi connectivity index (χ3n) is 3.23. The molecule has 0 saturated carbocycles. The summed E-state index contributed by atoms with van der Waals surface area (Å²) in [4.78, 5) is 20.9. The summed E-state index contributed by atoms with van der Waals surface area (Å²) in [6.45, 7) is 2.08. The van der Waals surface area contributed by atoms with Gasteiger partial charge >= 0.3 is 5.97 Å². The Labute approximate surface area is 132 Å². The van der Waals surface area contributed by atoms with Crippen LogP contribution >= 0.6 is 11.6 Å². The molecule has 3 aromatic rings. The lowest BCUT2D eigenvalue weighted by Crippen LogP contribution is -2.08. The Morgan fingerprint density at radius 3 is 2.86 bits per heavy atom. The van der Waals surface area contributed by atoms with Crippen molar-refractivity contribution >= 4 is 28.5 Å². The van der Waals surface area contributed by atoms with Crippen LogP contribution in [0.3, 0.4) is 0 Å². The van der Waals surface area contributed by atoms with E-state index in [1.807, 2.05) is 18.2 Å². The first-order chi connectivity index (χ1) is 10.7. The molecule has 4 nitrogen and oxygen atoms in total. The van der Waals surface area contributed by atoms with Gasteiger partial charge in [0, 0.05) is 23.3 Å². The van der Waals surface area contributed by atoms with Crippen molar-refractivity contribution in [3.05, 3.63) is 59.4 Å². The van der Waals surface area contributed by atoms with E-state index in [0.717, 1.165) is 10.9 Å². The lowest BCUT2D eigenvalue weighted by Gasteiger charge is -2.10. The molecule has 5 heteroatoms. The number of hydrogen-bond acceptors (Lipinski definition) is 4. The maximum atomic E-state index is 12.3. The van der Waals surface area contributed by atoms with Gasteiger partial charge in [-0.15, -0.1) is 0 Å². The quantitative estimate of drug-likeness (QED) is 0.682. The van der Waals surface area contributed by atoms with E-state index in [-0.39, 0.29) is 0 Å². The van der Waals surface area contributed by atoms with Gasteiger partial charge in [0.25, 0.3) is 0 Å². The fourth-order valence-corrected chi connectivity index (χ4v) is 2.47. The summed E-state index contributed by atoms with van der Waals surface area (Å²) in [5, 5.41) is 1.33. The van der Waals surface area contributed by atoms with Crippen molar-refractivity contribution < 1.29 is 9.53 Å². The molecule has 0 unspecified atom stereocenters. The highest BCUT2D eigenvalue weighted by atomic mass is 35.5. The van der Waals surface area contributed by atoms with E-state index in [9.17, 15) is 4.79 Å². The zero-order valence-corrected chi connectivity index (χ0v) is 12.7. The van der Waals surface area contributed by atoms with Crippen LogP contribution < -0.4 is 0 Å². The molecule has 0 amide bonds. The second-order valence-electron chi connectivity index (χ2n) is 4.66. The number of carbonyl (C=O) groups excluding carboxylic acids is 1. The van der Waals surface area contributed by atoms with Gasteiger partial charge in [0.2, 0.25) is 0 Å². The van der Waals surface area contributed by atoms with E-state index in [1.54, 1.807) is 37.5 Å². The molecule has 0 aliphatic carbocycles. The van der Waals surface area contributed by atoms with Gasteiger partial charge in [-0.3, -0.25) is 4.98 Å². The Balaban J connectivity index is 2.29. The molecule has 2 aromatic heterocycles. The first-order valence-electron chi connectivity index (χ1n) is 6.87. The summed E-state index contributed by atoms with van der Waals surface area (Å²) < 4.78 is 5.14. The Bertz CT molecular complexity index is 835. The molecule has 2 heterocycles. The second-order valence-corrected chi connectivity index (χ2v) is 5.07. The van der Waals surface area contributed by atoms with Crippen molar-refractivity contribution in [1.29, 1.82) is 0 Å². The predicted molar refractivity (Wildman–Crippen MR) is 85.9 cm³/mol. The summed E-state index contributed by atoms with van der Waals surface area (Å²) in [5.74, 6) is -0.407. The third kappa shape index (κ3) is 2.65. The van der Waals surface area contributed by atoms with Crippen LogP contribution in [0.4, 0.5) is 0 Å². The van der Waals surface area contributed by atoms with Crippen LogP contribution in [0.2, 0.25) is 5.02 Å². The molecular weight excluding hydrogens is 300 g/mol. The first-order valence-corrected chi connectivity index (χ1v) is 7.25. The van der Waals surface area contributed by atoms with E-state index in [2.05, 4.69) is 9.97 Å². The number of nitrogens with zero attached hydrogens (tertiary/aromatic N) is 2. The molecule has 0 aliphatic rings. The van der Waals surface area contributed by atoms with Gasteiger partial charge in [-0.1, -0.05) is 23.7 Å². The van der Waals surface area contributed by atoms with Crippen molar-refractivity contribution in [1.82, 2.24) is 9.97 Å². The van der Waals surface area contributed by atoms with E-state index in [4.69, 9.17) is 16.3 Å². The number of ether oxygens (including phenoxy) is 1. The largest absolute Gasteiger partial charge is 0.462 e. The average Bonchev–Trinajstić information content (AvgIpc) is 2.55. The van der Waals surface area contributed by atoms with Crippen LogP contribution in [-0.4, -0.2) is 22.5 Å². The monoisotopic (exact) mass is 312 g/mol. The minimum Gasteiger partial charge on any atom is -0.462 e. The minimum atomic E-state index is -0.407. The number of para-hydroxylation sites is 1. The Hall–Kier alpha value is -2.46. The molecule has 0 saturated heterocycles. The van der Waals surface area contributed by atoms with Crippen molar-refractivity contribution in [2.24, 2.45) is 0 Å². The number of aromatic nitrogens is 2. The molecule has 0 spiro atoms. The number of rotatable bonds is 3. The third-order valence-corrected chi connectivity index (χ3v) is 3.53. The van der Waals surface area contributed by atoms with Crippen molar-refractivity contribution in [3.63, 3.8) is 0 Å². The summed E-state index contributed by atoms with van der Waals surface area (Å²) in [7, 11) is 0. The summed E-state index contributed by atoms with van der Waals surface area (Å²) in [6, 6.07) is 10.9. The van der Waals surface area contributed by atoms with E-state index in [1.165, 1.54) is 0 Å². The lowest BCUT2D eigenvalue weighted by atomic mass is 10.0. The number of benzene rings is 1. The van der Waals surface area contributed by atoms with Gasteiger partial charge in [0.15, 0.2) is 0 Å². The number of hydrogen-bond donors (Lipinski definition) is 0. The average molecular weight is 313 g/mol. The highest BCUT2D eigenvalue weighted by Crippen LogP contribution is 2.29. The lowest BCUT2D eigenvalue weighted by molar-refractivity contribution is 0.0527. The zero-order chi connectivity index (χ0) is 15.5. The SMILES string of the molecule is CCOC(=O)c1cc2cccc(Cl)c2nc1-c1cccnc1. The smallest absolute Gasteiger partial charge is 0.340 e. The van der Waals surface area contributed by atoms with Crippen molar-refractivity contribution in [3.8, 4) is 11.3 Å². The molecule has 3 rings (SSSR count). The topological polar surface area (TPSA) is 52.1 Å². The van der Waals surface area contributed by atoms with Crippen molar-refractivity contribution in [2.75, 3.05) is 6.61 Å². The van der Waals surface area contributed by atoms with E-state index in [0.29, 0.717) is 28.4 Å². The Kier molecular flexibility index (Phi) is 4.02. The fourth-order valence-electron chi connectivity index (χ4n) is 2.25. The summed E-state index contributed by atoms with van der Waals surface area (Å²) in [6.07, 6.45) is 3.33. The van der Waals surface area contributed by atoms with Gasteiger partial charge in [-0.05, 0) is 31.2 Å². The van der Waals surface area contributed by atoms with E-state index >= 15 is 0 Å². The van der Waals surface area contributed by atoms with Crippen LogP contribution in [0.25, 0.3) is 22.2 Å². The minimum absolute atomic E-state index is 0.304. The van der Waals surface area contributed by atoms with Crippen LogP contribution in [0, 0.1) is 0 Å². The van der Waals surface area contributed by atoms with Gasteiger partial charge in [0.05, 0.1) is 28.4 Å². The molecule has 0 bridgehead atoms. The number of esters is 1. The van der Waals surface area contributed by atoms with Crippen LogP contribution in [0.5, 0.6) is 0 Å². The summed E-state index contributed by atoms with van der Waals surface area (Å²) >= 11 is 6.22. The molecule has 0 aliphatic heterocycles. The predicted octanol–water partition coefficient (Wildman–Crippen LogP) is 4.13. The molecule has 0 fully saturated rings. The maximum Gasteiger partial charge on any atom is 0.340 e. The van der Waals surface area contributed by atoms with Crippen LogP contribution in [-0.2, 0) is 4.74 Å². The first kappa shape index (κ1) is 14.5. The molecular formula is C17H13ClN2O2. The van der Waals surface area contributed by atoms with Gasteiger partial charge < -0.3 is 4.74 Å². The molecule has 110 valence electrons. The summed E-state index contributed by atoms with van der Waals surface area (Å²) in [5.41, 5.74) is 2.32. The fraction of sp³-hybridized carbons (Fsp3) is 0.118. The highest BCUT2D eigenvalue weighted by Gasteiger charge is 2.18. The van der Waals surface area contributed by atoms with Gasteiger partial charge in [0.1, 0.15) is 0 Å². The molecule has 0 radical (unpaired) electrons. The molecule has 0 N–H and O–H groups in total. The normalized spacial score (nSPS) is 10.6. The number of halogens is 1. The number of pyridine rings is 2. The Morgan fingerprint density at radius 1 is 1.27 bits per heavy atom. The second kappa shape index (κ2) is 6.12. The van der Waals surface area contributed by atoms with Crippen LogP contribution in [0.1, 0.15) is 17.3 Å². The van der Waals surface area contributed by atoms with Crippen molar-refractivity contribution in [2.45, 2.75) is 6.92 Å². The maximum absolute atomic E-state index is 12.3. The Morgan fingerprint density at radius 2 is 2.14 bits per heavy atom. The van der Waals surface area contributed by atoms with Gasteiger partial charge in [-0.2, -0.15) is 0 Å². The molecule has 22 heavy (non-hydrogen) atoms. The zero-order valence-electron chi connectivity index (χ0n) is 11.9. The van der Waals surface area contributed by atoms with Gasteiger partial charge in [-0.25, -0.2) is 9.78 Å². The molecule has 0 atom stereocenters. The standard InChI is InChI=1S/C17H13ClN2O2/c1-2-22-17(21)13-9-11-5-3-7-14(18)16(11)20-15(13)12-6-4-8-19-10-12/h3-10H,2H2,1H3.